The number of aromatic nitrogens is 2. The van der Waals surface area contributed by atoms with E-state index in [4.69, 9.17) is 14.6 Å². The fourth-order valence-electron chi connectivity index (χ4n) is 3.53. The van der Waals surface area contributed by atoms with Gasteiger partial charge in [0.2, 0.25) is 0 Å². The number of hydrogen-bond donors (Lipinski definition) is 0. The van der Waals surface area contributed by atoms with Crippen LogP contribution in [0.3, 0.4) is 0 Å². The number of ether oxygens (including phenoxy) is 2. The molecule has 1 aromatic heterocycles. The van der Waals surface area contributed by atoms with Crippen LogP contribution in [0, 0.1) is 6.92 Å². The van der Waals surface area contributed by atoms with Crippen LogP contribution >= 0.6 is 0 Å². The second kappa shape index (κ2) is 10.0. The third-order valence-corrected chi connectivity index (χ3v) is 5.46. The Morgan fingerprint density at radius 3 is 2.32 bits per heavy atom. The first-order valence-electron chi connectivity index (χ1n) is 10.8. The molecule has 6 nitrogen and oxygen atoms in total. The summed E-state index contributed by atoms with van der Waals surface area (Å²) in [6.45, 7) is 12.9. The van der Waals surface area contributed by atoms with Crippen LogP contribution in [0.15, 0.2) is 30.5 Å². The Balaban J connectivity index is 2.63. The van der Waals surface area contributed by atoms with Crippen molar-refractivity contribution in [2.24, 2.45) is 0 Å². The van der Waals surface area contributed by atoms with E-state index in [9.17, 15) is 4.79 Å². The van der Waals surface area contributed by atoms with Crippen molar-refractivity contribution in [3.8, 4) is 5.75 Å². The predicted octanol–water partition coefficient (Wildman–Crippen LogP) is 4.79. The van der Waals surface area contributed by atoms with Gasteiger partial charge < -0.3 is 14.4 Å². The molecule has 0 atom stereocenters. The van der Waals surface area contributed by atoms with Crippen LogP contribution in [0.2, 0.25) is 0 Å². The van der Waals surface area contributed by atoms with Gasteiger partial charge in [0.15, 0.2) is 0 Å². The number of carbonyl (C=O) groups excluding carboxylic acids is 1. The van der Waals surface area contributed by atoms with Gasteiger partial charge in [-0.1, -0.05) is 32.9 Å². The maximum absolute atomic E-state index is 13.0. The standard InChI is InChI=1S/C25H37N3O3/c1-10-25(5,6)22-18(4)28(15-19-11-13-20(30-9)14-12-19)26-23(22)21(16-27(7)8)24(29)31-17(2)3/h11-14,16-17H,10,15H2,1-9H3/b21-16-. The molecule has 2 aromatic rings. The highest BCUT2D eigenvalue weighted by molar-refractivity contribution is 6.16. The Hall–Kier alpha value is -2.76. The Morgan fingerprint density at radius 2 is 1.84 bits per heavy atom. The molecule has 0 aliphatic heterocycles. The van der Waals surface area contributed by atoms with E-state index in [2.05, 4.69) is 27.7 Å². The lowest BCUT2D eigenvalue weighted by Gasteiger charge is -2.25. The minimum atomic E-state index is -0.356. The molecule has 6 heteroatoms. The molecule has 170 valence electrons. The van der Waals surface area contributed by atoms with Gasteiger partial charge in [-0.15, -0.1) is 0 Å². The summed E-state index contributed by atoms with van der Waals surface area (Å²) in [5, 5.41) is 4.93. The van der Waals surface area contributed by atoms with E-state index in [1.165, 1.54) is 0 Å². The fraction of sp³-hybridized carbons (Fsp3) is 0.520. The molecule has 0 aliphatic carbocycles. The van der Waals surface area contributed by atoms with E-state index in [1.54, 1.807) is 13.3 Å². The second-order valence-electron chi connectivity index (χ2n) is 9.01. The number of rotatable bonds is 9. The largest absolute Gasteiger partial charge is 0.497 e. The molecular weight excluding hydrogens is 390 g/mol. The number of methoxy groups -OCH3 is 1. The number of nitrogens with zero attached hydrogens (tertiary/aromatic N) is 3. The summed E-state index contributed by atoms with van der Waals surface area (Å²) < 4.78 is 12.8. The maximum Gasteiger partial charge on any atom is 0.342 e. The van der Waals surface area contributed by atoms with Crippen LogP contribution in [-0.2, 0) is 21.5 Å². The molecule has 0 unspecified atom stereocenters. The minimum Gasteiger partial charge on any atom is -0.497 e. The molecule has 2 rings (SSSR count). The topological polar surface area (TPSA) is 56.6 Å². The Bertz CT molecular complexity index is 922. The van der Waals surface area contributed by atoms with Gasteiger partial charge in [0, 0.05) is 31.6 Å². The predicted molar refractivity (Wildman–Crippen MR) is 125 cm³/mol. The smallest absolute Gasteiger partial charge is 0.342 e. The molecule has 0 aliphatic rings. The molecular formula is C25H37N3O3. The van der Waals surface area contributed by atoms with E-state index in [-0.39, 0.29) is 17.5 Å². The summed E-state index contributed by atoms with van der Waals surface area (Å²) in [6.07, 6.45) is 2.52. The van der Waals surface area contributed by atoms with Gasteiger partial charge in [0.1, 0.15) is 17.0 Å². The third kappa shape index (κ3) is 5.90. The summed E-state index contributed by atoms with van der Waals surface area (Å²) in [5.74, 6) is 0.466. The van der Waals surface area contributed by atoms with Gasteiger partial charge in [0.25, 0.3) is 0 Å². The van der Waals surface area contributed by atoms with Crippen molar-refractivity contribution in [2.75, 3.05) is 21.2 Å². The van der Waals surface area contributed by atoms with Gasteiger partial charge in [-0.05, 0) is 50.3 Å². The molecule has 1 aromatic carbocycles. The molecule has 0 radical (unpaired) electrons. The van der Waals surface area contributed by atoms with E-state index >= 15 is 0 Å². The van der Waals surface area contributed by atoms with Crippen molar-refractivity contribution in [1.82, 2.24) is 14.7 Å². The van der Waals surface area contributed by atoms with E-state index in [0.29, 0.717) is 17.8 Å². The summed E-state index contributed by atoms with van der Waals surface area (Å²) >= 11 is 0. The molecule has 0 spiro atoms. The molecule has 31 heavy (non-hydrogen) atoms. The van der Waals surface area contributed by atoms with Gasteiger partial charge in [0.05, 0.1) is 19.8 Å². The molecule has 0 amide bonds. The highest BCUT2D eigenvalue weighted by Gasteiger charge is 2.32. The van der Waals surface area contributed by atoms with E-state index < -0.39 is 0 Å². The zero-order valence-electron chi connectivity index (χ0n) is 20.4. The molecule has 0 bridgehead atoms. The molecule has 1 heterocycles. The lowest BCUT2D eigenvalue weighted by molar-refractivity contribution is -0.140. The first kappa shape index (κ1) is 24.5. The average molecular weight is 428 g/mol. The van der Waals surface area contributed by atoms with Crippen molar-refractivity contribution in [2.45, 2.75) is 66.0 Å². The summed E-state index contributed by atoms with van der Waals surface area (Å²) in [7, 11) is 5.45. The molecule has 0 saturated carbocycles. The minimum absolute atomic E-state index is 0.152. The molecule has 0 saturated heterocycles. The first-order chi connectivity index (χ1) is 14.5. The second-order valence-corrected chi connectivity index (χ2v) is 9.01. The highest BCUT2D eigenvalue weighted by atomic mass is 16.5. The molecule has 0 fully saturated rings. The van der Waals surface area contributed by atoms with Crippen LogP contribution in [0.4, 0.5) is 0 Å². The van der Waals surface area contributed by atoms with Crippen molar-refractivity contribution < 1.29 is 14.3 Å². The highest BCUT2D eigenvalue weighted by Crippen LogP contribution is 2.36. The van der Waals surface area contributed by atoms with Gasteiger partial charge >= 0.3 is 5.97 Å². The van der Waals surface area contributed by atoms with Crippen LogP contribution in [0.25, 0.3) is 5.57 Å². The van der Waals surface area contributed by atoms with Crippen LogP contribution in [0.1, 0.15) is 63.6 Å². The van der Waals surface area contributed by atoms with Gasteiger partial charge in [-0.25, -0.2) is 4.79 Å². The lowest BCUT2D eigenvalue weighted by Crippen LogP contribution is -2.21. The van der Waals surface area contributed by atoms with Crippen LogP contribution < -0.4 is 4.74 Å². The third-order valence-electron chi connectivity index (χ3n) is 5.46. The Kier molecular flexibility index (Phi) is 7.93. The van der Waals surface area contributed by atoms with Crippen LogP contribution in [-0.4, -0.2) is 48.0 Å². The van der Waals surface area contributed by atoms with Gasteiger partial charge in [-0.2, -0.15) is 5.10 Å². The van der Waals surface area contributed by atoms with Crippen molar-refractivity contribution in [1.29, 1.82) is 0 Å². The average Bonchev–Trinajstić information content (AvgIpc) is 3.02. The molecule has 0 N–H and O–H groups in total. The number of carbonyl (C=O) groups is 1. The summed E-state index contributed by atoms with van der Waals surface area (Å²) in [5.41, 5.74) is 4.27. The maximum atomic E-state index is 13.0. The van der Waals surface area contributed by atoms with Gasteiger partial charge in [-0.3, -0.25) is 4.68 Å². The quantitative estimate of drug-likeness (QED) is 0.425. The van der Waals surface area contributed by atoms with E-state index in [1.807, 2.05) is 61.8 Å². The number of hydrogen-bond acceptors (Lipinski definition) is 5. The van der Waals surface area contributed by atoms with E-state index in [0.717, 1.165) is 29.0 Å². The monoisotopic (exact) mass is 427 g/mol. The van der Waals surface area contributed by atoms with Crippen molar-refractivity contribution in [3.05, 3.63) is 53.0 Å². The van der Waals surface area contributed by atoms with Crippen molar-refractivity contribution in [3.63, 3.8) is 0 Å². The van der Waals surface area contributed by atoms with Crippen LogP contribution in [0.5, 0.6) is 5.75 Å². The fourth-order valence-corrected chi connectivity index (χ4v) is 3.53. The first-order valence-corrected chi connectivity index (χ1v) is 10.8. The Labute approximate surface area is 186 Å². The number of esters is 1. The van der Waals surface area contributed by atoms with Crippen molar-refractivity contribution >= 4 is 11.5 Å². The zero-order chi connectivity index (χ0) is 23.3. The number of benzene rings is 1. The summed E-state index contributed by atoms with van der Waals surface area (Å²) in [4.78, 5) is 14.9. The SMILES string of the molecule is CCC(C)(C)c1c(/C(=C/N(C)C)C(=O)OC(C)C)nn(Cc2ccc(OC)cc2)c1C. The lowest BCUT2D eigenvalue weighted by atomic mass is 9.79. The normalized spacial score (nSPS) is 12.3. The Morgan fingerprint density at radius 1 is 1.23 bits per heavy atom. The zero-order valence-corrected chi connectivity index (χ0v) is 20.4. The summed E-state index contributed by atoms with van der Waals surface area (Å²) in [6, 6.07) is 7.97.